The van der Waals surface area contributed by atoms with Gasteiger partial charge >= 0.3 is 5.97 Å². The van der Waals surface area contributed by atoms with Crippen molar-refractivity contribution in [2.45, 2.75) is 64.1 Å². The summed E-state index contributed by atoms with van der Waals surface area (Å²) < 4.78 is 6.19. The fraction of sp³-hybridized carbons (Fsp3) is 0.379. The molecule has 0 saturated heterocycles. The number of aliphatic hydroxyl groups excluding tert-OH is 1. The molecule has 0 saturated carbocycles. The quantitative estimate of drug-likeness (QED) is 0.184. The number of aryl methyl sites for hydroxylation is 1. The predicted octanol–water partition coefficient (Wildman–Crippen LogP) is 6.08. The first-order valence-corrected chi connectivity index (χ1v) is 12.2. The average Bonchev–Trinajstić information content (AvgIpc) is 3.20. The number of carbonyl (C=O) groups is 1. The number of hydrogen-bond donors (Lipinski definition) is 3. The van der Waals surface area contributed by atoms with Crippen LogP contribution < -0.4 is 0 Å². The number of carboxylic acids is 1. The van der Waals surface area contributed by atoms with Crippen molar-refractivity contribution in [1.29, 1.82) is 0 Å². The number of aliphatic carboxylic acids is 1. The number of rotatable bonds is 13. The topological polar surface area (TPSA) is 99.4 Å². The number of ether oxygens (including phenoxy) is 1. The van der Waals surface area contributed by atoms with Crippen LogP contribution in [0.4, 0.5) is 0 Å². The molecule has 0 radical (unpaired) electrons. The Morgan fingerprint density at radius 1 is 1.06 bits per heavy atom. The molecule has 0 fully saturated rings. The molecule has 2 aromatic carbocycles. The lowest BCUT2D eigenvalue weighted by Crippen LogP contribution is -2.18. The monoisotopic (exact) mass is 477 g/mol. The number of unbranched alkanes of at least 4 members (excludes halogenated alkanes) is 3. The fourth-order valence-corrected chi connectivity index (χ4v) is 4.46. The normalized spacial score (nSPS) is 18.0. The number of nitrogens with zero attached hydrogens (tertiary/aromatic N) is 1. The van der Waals surface area contributed by atoms with Gasteiger partial charge in [0.05, 0.1) is 18.4 Å². The van der Waals surface area contributed by atoms with E-state index in [0.717, 1.165) is 53.5 Å². The molecule has 3 rings (SSSR count). The van der Waals surface area contributed by atoms with Gasteiger partial charge in [0.25, 0.3) is 0 Å². The third kappa shape index (κ3) is 7.91. The highest BCUT2D eigenvalue weighted by molar-refractivity contribution is 6.04. The Balaban J connectivity index is 1.74. The van der Waals surface area contributed by atoms with E-state index in [-0.39, 0.29) is 19.1 Å². The van der Waals surface area contributed by atoms with Crippen LogP contribution in [0, 0.1) is 6.92 Å². The van der Waals surface area contributed by atoms with Gasteiger partial charge in [-0.2, -0.15) is 0 Å². The SMILES string of the molecule is Cc1ccccc1C(O)CO[C@@H]1CC(=NO)C(CCCCCCC(=O)O)=C1C=Cc1ccccc1. The lowest BCUT2D eigenvalue weighted by Gasteiger charge is -2.19. The lowest BCUT2D eigenvalue weighted by atomic mass is 10.0. The van der Waals surface area contributed by atoms with Gasteiger partial charge in [0.1, 0.15) is 6.10 Å². The number of hydrogen-bond acceptors (Lipinski definition) is 5. The van der Waals surface area contributed by atoms with Gasteiger partial charge in [0, 0.05) is 12.8 Å². The van der Waals surface area contributed by atoms with Crippen LogP contribution in [0.5, 0.6) is 0 Å². The van der Waals surface area contributed by atoms with Crippen LogP contribution >= 0.6 is 0 Å². The molecule has 0 amide bonds. The number of benzene rings is 2. The minimum absolute atomic E-state index is 0.138. The summed E-state index contributed by atoms with van der Waals surface area (Å²) in [6.45, 7) is 2.10. The standard InChI is InChI=1S/C29H35NO5/c1-21-11-9-10-14-23(21)27(31)20-35-28-19-26(30-34)24(15-7-2-3-8-16-29(32)33)25(28)18-17-22-12-5-4-6-13-22/h4-6,9-14,17-18,27-28,31,34H,2-3,7-8,15-16,19-20H2,1H3,(H,32,33)/t27?,28-/m1/s1. The first-order valence-electron chi connectivity index (χ1n) is 12.2. The van der Waals surface area contributed by atoms with Crippen LogP contribution in [0.2, 0.25) is 0 Å². The van der Waals surface area contributed by atoms with Gasteiger partial charge in [-0.15, -0.1) is 0 Å². The first-order chi connectivity index (χ1) is 17.0. The van der Waals surface area contributed by atoms with Crippen LogP contribution in [-0.2, 0) is 9.53 Å². The second kappa shape index (κ2) is 13.6. The highest BCUT2D eigenvalue weighted by atomic mass is 16.5. The second-order valence-electron chi connectivity index (χ2n) is 8.93. The molecule has 0 aliphatic heterocycles. The van der Waals surface area contributed by atoms with Gasteiger partial charge in [-0.3, -0.25) is 4.79 Å². The van der Waals surface area contributed by atoms with Gasteiger partial charge in [-0.1, -0.05) is 84.7 Å². The molecular weight excluding hydrogens is 442 g/mol. The maximum atomic E-state index is 10.7. The summed E-state index contributed by atoms with van der Waals surface area (Å²) in [5, 5.41) is 32.8. The number of carboxylic acid groups (broad SMARTS) is 1. The third-order valence-corrected chi connectivity index (χ3v) is 6.37. The Morgan fingerprint density at radius 3 is 2.49 bits per heavy atom. The Bertz CT molecular complexity index is 1060. The Hall–Kier alpha value is -3.22. The van der Waals surface area contributed by atoms with Crippen molar-refractivity contribution >= 4 is 17.8 Å². The molecule has 2 aromatic rings. The molecule has 1 unspecified atom stereocenters. The molecule has 1 aliphatic rings. The molecule has 2 atom stereocenters. The molecule has 0 aromatic heterocycles. The van der Waals surface area contributed by atoms with Crippen molar-refractivity contribution in [1.82, 2.24) is 0 Å². The summed E-state index contributed by atoms with van der Waals surface area (Å²) in [7, 11) is 0. The van der Waals surface area contributed by atoms with Gasteiger partial charge < -0.3 is 20.2 Å². The van der Waals surface area contributed by atoms with E-state index in [2.05, 4.69) is 5.16 Å². The second-order valence-corrected chi connectivity index (χ2v) is 8.93. The molecule has 6 nitrogen and oxygen atoms in total. The largest absolute Gasteiger partial charge is 0.481 e. The van der Waals surface area contributed by atoms with Crippen molar-refractivity contribution < 1.29 is 25.0 Å². The van der Waals surface area contributed by atoms with E-state index in [0.29, 0.717) is 18.6 Å². The van der Waals surface area contributed by atoms with Crippen LogP contribution in [0.15, 0.2) is 77.0 Å². The minimum atomic E-state index is -0.764. The van der Waals surface area contributed by atoms with Crippen LogP contribution in [0.25, 0.3) is 6.08 Å². The summed E-state index contributed by atoms with van der Waals surface area (Å²) in [5.41, 5.74) is 5.45. The molecule has 0 spiro atoms. The summed E-state index contributed by atoms with van der Waals surface area (Å²) in [5.74, 6) is -0.764. The van der Waals surface area contributed by atoms with E-state index < -0.39 is 12.1 Å². The number of aliphatic hydroxyl groups is 1. The maximum absolute atomic E-state index is 10.7. The molecule has 3 N–H and O–H groups in total. The van der Waals surface area contributed by atoms with Crippen molar-refractivity contribution in [3.8, 4) is 0 Å². The van der Waals surface area contributed by atoms with Gasteiger partial charge in [-0.25, -0.2) is 0 Å². The van der Waals surface area contributed by atoms with E-state index in [1.807, 2.05) is 73.7 Å². The third-order valence-electron chi connectivity index (χ3n) is 6.37. The Morgan fingerprint density at radius 2 is 1.77 bits per heavy atom. The molecule has 186 valence electrons. The van der Waals surface area contributed by atoms with Gasteiger partial charge in [-0.05, 0) is 54.0 Å². The molecular formula is C29H35NO5. The fourth-order valence-electron chi connectivity index (χ4n) is 4.46. The van der Waals surface area contributed by atoms with Crippen molar-refractivity contribution in [2.75, 3.05) is 6.61 Å². The van der Waals surface area contributed by atoms with Crippen LogP contribution in [0.3, 0.4) is 0 Å². The van der Waals surface area contributed by atoms with Crippen LogP contribution in [0.1, 0.15) is 67.7 Å². The average molecular weight is 478 g/mol. The van der Waals surface area contributed by atoms with Gasteiger partial charge in [0.15, 0.2) is 0 Å². The number of allylic oxidation sites excluding steroid dienone is 1. The highest BCUT2D eigenvalue weighted by Crippen LogP contribution is 2.33. The van der Waals surface area contributed by atoms with Crippen molar-refractivity contribution in [3.05, 3.63) is 88.5 Å². The maximum Gasteiger partial charge on any atom is 0.303 e. The molecule has 6 heteroatoms. The minimum Gasteiger partial charge on any atom is -0.481 e. The smallest absolute Gasteiger partial charge is 0.303 e. The zero-order valence-electron chi connectivity index (χ0n) is 20.3. The van der Waals surface area contributed by atoms with E-state index >= 15 is 0 Å². The zero-order chi connectivity index (χ0) is 25.0. The number of oxime groups is 1. The highest BCUT2D eigenvalue weighted by Gasteiger charge is 2.31. The lowest BCUT2D eigenvalue weighted by molar-refractivity contribution is -0.137. The zero-order valence-corrected chi connectivity index (χ0v) is 20.3. The van der Waals surface area contributed by atoms with Crippen LogP contribution in [-0.4, -0.2) is 39.8 Å². The Labute approximate surface area is 207 Å². The molecule has 35 heavy (non-hydrogen) atoms. The van der Waals surface area contributed by atoms with E-state index in [4.69, 9.17) is 9.84 Å². The molecule has 0 heterocycles. The Kier molecular flexibility index (Phi) is 10.3. The summed E-state index contributed by atoms with van der Waals surface area (Å²) in [6.07, 6.45) is 7.63. The van der Waals surface area contributed by atoms with E-state index in [1.165, 1.54) is 0 Å². The van der Waals surface area contributed by atoms with E-state index in [1.54, 1.807) is 0 Å². The van der Waals surface area contributed by atoms with Crippen molar-refractivity contribution in [3.63, 3.8) is 0 Å². The predicted molar refractivity (Wildman–Crippen MR) is 138 cm³/mol. The van der Waals surface area contributed by atoms with Gasteiger partial charge in [0.2, 0.25) is 0 Å². The summed E-state index contributed by atoms with van der Waals surface area (Å²) in [6, 6.07) is 17.7. The molecule has 1 aliphatic carbocycles. The first kappa shape index (κ1) is 26.4. The van der Waals surface area contributed by atoms with E-state index in [9.17, 15) is 15.1 Å². The molecule has 0 bridgehead atoms. The summed E-state index contributed by atoms with van der Waals surface area (Å²) >= 11 is 0. The van der Waals surface area contributed by atoms with Crippen molar-refractivity contribution in [2.24, 2.45) is 5.16 Å². The summed E-state index contributed by atoms with van der Waals surface area (Å²) in [4.78, 5) is 10.7.